The van der Waals surface area contributed by atoms with E-state index in [4.69, 9.17) is 25.8 Å². The number of benzene rings is 1. The monoisotopic (exact) mass is 821 g/mol. The fourth-order valence-electron chi connectivity index (χ4n) is 7.59. The van der Waals surface area contributed by atoms with E-state index in [1.54, 1.807) is 70.9 Å². The molecule has 13 nitrogen and oxygen atoms in total. The van der Waals surface area contributed by atoms with Crippen LogP contribution in [-0.4, -0.2) is 110 Å². The molecule has 0 aromatic heterocycles. The Bertz CT molecular complexity index is 1700. The average molecular weight is 822 g/mol. The lowest BCUT2D eigenvalue weighted by atomic mass is 9.81. The number of amides is 3. The van der Waals surface area contributed by atoms with Crippen molar-refractivity contribution in [2.24, 2.45) is 11.8 Å². The van der Waals surface area contributed by atoms with Crippen LogP contribution in [-0.2, 0) is 41.6 Å². The minimum atomic E-state index is -1.86. The minimum Gasteiger partial charge on any atom is -0.457 e. The van der Waals surface area contributed by atoms with Gasteiger partial charge in [-0.3, -0.25) is 14.9 Å². The molecule has 3 heterocycles. The van der Waals surface area contributed by atoms with Crippen molar-refractivity contribution in [1.29, 1.82) is 0 Å². The Balaban J connectivity index is 1.70. The van der Waals surface area contributed by atoms with Gasteiger partial charge in [0.15, 0.2) is 5.72 Å². The summed E-state index contributed by atoms with van der Waals surface area (Å²) in [4.78, 5) is 57.0. The molecule has 1 unspecified atom stereocenters. The normalized spacial score (nSPS) is 30.7. The summed E-state index contributed by atoms with van der Waals surface area (Å²) in [5, 5.41) is 35.3. The van der Waals surface area contributed by atoms with Crippen LogP contribution >= 0.6 is 23.4 Å². The molecular weight excluding hydrogens is 762 g/mol. The Morgan fingerprint density at radius 3 is 2.52 bits per heavy atom. The zero-order chi connectivity index (χ0) is 41.9. The Labute approximate surface area is 340 Å². The van der Waals surface area contributed by atoms with Crippen LogP contribution < -0.4 is 10.2 Å². The van der Waals surface area contributed by atoms with E-state index in [0.29, 0.717) is 29.3 Å². The summed E-state index contributed by atoms with van der Waals surface area (Å²) in [6.07, 6.45) is 2.33. The van der Waals surface area contributed by atoms with E-state index >= 15 is 0 Å². The number of alkyl carbamates (subject to hydrolysis) is 1. The number of rotatable bonds is 10. The standard InChI is InChI=1S/C41H60ClN3O10S/c1-23(2)56-39(6,7)15-14-33(48)44(9)26(5)37(50)54-32-19-34(49)45(10)30-18-27(17-28(21-46)35(30)42)16-24(3)12-11-13-29(22-47)41(52)20-31(53-38(51)43-41)25(4)36-40(32,8)55-36/h11-13,17-18,23,25-26,29,31-32,36,46-47,52H,14-16,19-22H2,1-10H3,(H,43,51)/b13-11+,24-12+/t25-,26+,29?,31+,32+,36+,40+,41+/m1/s1. The van der Waals surface area contributed by atoms with Crippen LogP contribution in [0.3, 0.4) is 0 Å². The van der Waals surface area contributed by atoms with Crippen molar-refractivity contribution in [1.82, 2.24) is 10.2 Å². The van der Waals surface area contributed by atoms with Crippen molar-refractivity contribution in [3.05, 3.63) is 52.1 Å². The third-order valence-electron chi connectivity index (χ3n) is 11.2. The van der Waals surface area contributed by atoms with E-state index in [-0.39, 0.29) is 41.5 Å². The number of nitrogens with one attached hydrogen (secondary N) is 1. The van der Waals surface area contributed by atoms with E-state index in [9.17, 15) is 34.5 Å². The molecule has 4 bridgehead atoms. The molecule has 56 heavy (non-hydrogen) atoms. The van der Waals surface area contributed by atoms with Crippen LogP contribution in [0.2, 0.25) is 5.02 Å². The summed E-state index contributed by atoms with van der Waals surface area (Å²) >= 11 is 8.52. The van der Waals surface area contributed by atoms with Gasteiger partial charge in [0.25, 0.3) is 0 Å². The summed E-state index contributed by atoms with van der Waals surface area (Å²) in [5.74, 6) is -2.88. The highest BCUT2D eigenvalue weighted by Crippen LogP contribution is 2.49. The van der Waals surface area contributed by atoms with Crippen molar-refractivity contribution in [2.45, 2.75) is 140 Å². The molecule has 1 aromatic carbocycles. The lowest BCUT2D eigenvalue weighted by molar-refractivity contribution is -0.162. The number of hydrogen-bond acceptors (Lipinski definition) is 11. The van der Waals surface area contributed by atoms with Gasteiger partial charge in [0.2, 0.25) is 11.8 Å². The van der Waals surface area contributed by atoms with Gasteiger partial charge in [-0.2, -0.15) is 11.8 Å². The Hall–Kier alpha value is -3.14. The molecule has 8 atom stereocenters. The van der Waals surface area contributed by atoms with Crippen LogP contribution in [0.4, 0.5) is 10.5 Å². The van der Waals surface area contributed by atoms with Crippen molar-refractivity contribution >= 4 is 52.9 Å². The molecule has 1 aromatic rings. The first-order chi connectivity index (χ1) is 26.0. The summed E-state index contributed by atoms with van der Waals surface area (Å²) in [5.41, 5.74) is -0.708. The number of esters is 1. The van der Waals surface area contributed by atoms with Crippen molar-refractivity contribution < 1.29 is 48.7 Å². The van der Waals surface area contributed by atoms with Gasteiger partial charge < -0.3 is 39.3 Å². The second-order valence-electron chi connectivity index (χ2n) is 16.6. The lowest BCUT2D eigenvalue weighted by Crippen LogP contribution is -2.62. The SMILES string of the molecule is C/C1=C\C=C\C(CO)[C@@]2(O)C[C@H](OC(=O)N2)[C@@H](C)[C@@H]2O[C@@]2(C)[C@@H](OC(=O)[C@H](C)N(C)C(=O)CCC(C)(C)SC(C)C)CC(=O)N(C)c2cc(cc(CO)c2Cl)C1. The van der Waals surface area contributed by atoms with Crippen LogP contribution in [0.5, 0.6) is 0 Å². The van der Waals surface area contributed by atoms with Gasteiger partial charge in [-0.25, -0.2) is 9.59 Å². The predicted octanol–water partition coefficient (Wildman–Crippen LogP) is 5.29. The second kappa shape index (κ2) is 18.2. The number of thioether (sulfide) groups is 1. The molecular formula is C41H60ClN3O10S. The minimum absolute atomic E-state index is 0.0923. The molecule has 312 valence electrons. The number of anilines is 1. The molecule has 0 saturated carbocycles. The van der Waals surface area contributed by atoms with Crippen molar-refractivity contribution in [3.63, 3.8) is 0 Å². The van der Waals surface area contributed by atoms with Gasteiger partial charge in [-0.05, 0) is 56.1 Å². The first-order valence-electron chi connectivity index (χ1n) is 19.2. The molecule has 0 aliphatic carbocycles. The van der Waals surface area contributed by atoms with E-state index in [2.05, 4.69) is 33.0 Å². The number of carbonyl (C=O) groups excluding carboxylic acids is 4. The van der Waals surface area contributed by atoms with Crippen LogP contribution in [0.1, 0.15) is 92.2 Å². The number of carbonyl (C=O) groups is 4. The highest BCUT2D eigenvalue weighted by molar-refractivity contribution is 8.01. The number of halogens is 1. The third-order valence-corrected chi connectivity index (χ3v) is 13.0. The maximum absolute atomic E-state index is 14.2. The van der Waals surface area contributed by atoms with Gasteiger partial charge in [-0.15, -0.1) is 0 Å². The van der Waals surface area contributed by atoms with E-state index in [0.717, 1.165) is 11.1 Å². The molecule has 3 aliphatic heterocycles. The predicted molar refractivity (Wildman–Crippen MR) is 216 cm³/mol. The molecule has 0 radical (unpaired) electrons. The summed E-state index contributed by atoms with van der Waals surface area (Å²) in [7, 11) is 3.10. The maximum Gasteiger partial charge on any atom is 0.409 e. The van der Waals surface area contributed by atoms with Crippen molar-refractivity contribution in [2.75, 3.05) is 25.6 Å². The highest BCUT2D eigenvalue weighted by atomic mass is 35.5. The summed E-state index contributed by atoms with van der Waals surface area (Å²) in [6.45, 7) is 14.5. The number of epoxide rings is 1. The van der Waals surface area contributed by atoms with Gasteiger partial charge in [-0.1, -0.05) is 76.1 Å². The van der Waals surface area contributed by atoms with Gasteiger partial charge in [0.05, 0.1) is 36.4 Å². The number of likely N-dealkylation sites (N-methyl/N-ethyl adjacent to an activating group) is 1. The van der Waals surface area contributed by atoms with Gasteiger partial charge in [0, 0.05) is 43.5 Å². The fraction of sp³-hybridized carbons (Fsp3) is 0.659. The number of fused-ring (bicyclic) bond motifs is 5. The van der Waals surface area contributed by atoms with Gasteiger partial charge in [0.1, 0.15) is 23.9 Å². The Morgan fingerprint density at radius 2 is 1.89 bits per heavy atom. The Morgan fingerprint density at radius 1 is 1.21 bits per heavy atom. The molecule has 3 aliphatic rings. The van der Waals surface area contributed by atoms with E-state index in [1.165, 1.54) is 9.80 Å². The van der Waals surface area contributed by atoms with Crippen LogP contribution in [0.25, 0.3) is 0 Å². The Kier molecular flexibility index (Phi) is 14.8. The number of allylic oxidation sites excluding steroid dienone is 3. The van der Waals surface area contributed by atoms with Crippen LogP contribution in [0, 0.1) is 11.8 Å². The molecule has 3 amide bonds. The zero-order valence-electron chi connectivity index (χ0n) is 34.3. The first-order valence-corrected chi connectivity index (χ1v) is 20.5. The number of aliphatic hydroxyl groups is 3. The molecule has 0 spiro atoms. The average Bonchev–Trinajstić information content (AvgIpc) is 3.82. The largest absolute Gasteiger partial charge is 0.457 e. The van der Waals surface area contributed by atoms with E-state index < -0.39 is 72.1 Å². The molecule has 4 rings (SSSR count). The molecule has 4 N–H and O–H groups in total. The quantitative estimate of drug-likeness (QED) is 0.178. The highest BCUT2D eigenvalue weighted by Gasteiger charge is 2.64. The number of nitrogens with zero attached hydrogens (tertiary/aromatic N) is 2. The first kappa shape index (κ1) is 45.6. The van der Waals surface area contributed by atoms with Gasteiger partial charge >= 0.3 is 12.1 Å². The van der Waals surface area contributed by atoms with Crippen molar-refractivity contribution in [3.8, 4) is 0 Å². The molecule has 15 heteroatoms. The zero-order valence-corrected chi connectivity index (χ0v) is 35.8. The third kappa shape index (κ3) is 10.7. The smallest absolute Gasteiger partial charge is 0.409 e. The second-order valence-corrected chi connectivity index (χ2v) is 19.2. The number of hydrogen-bond donors (Lipinski definition) is 4. The summed E-state index contributed by atoms with van der Waals surface area (Å²) < 4.78 is 17.9. The maximum atomic E-state index is 14.2. The molecule has 2 fully saturated rings. The topological polar surface area (TPSA) is 178 Å². The number of ether oxygens (including phenoxy) is 3. The van der Waals surface area contributed by atoms with E-state index in [1.807, 2.05) is 13.0 Å². The lowest BCUT2D eigenvalue weighted by Gasteiger charge is -2.42. The van der Waals surface area contributed by atoms with Crippen LogP contribution in [0.15, 0.2) is 35.9 Å². The molecule has 2 saturated heterocycles. The number of aliphatic hydroxyl groups excluding tert-OH is 2. The fourth-order valence-corrected chi connectivity index (χ4v) is 9.38. The summed E-state index contributed by atoms with van der Waals surface area (Å²) in [6, 6.07) is 2.52.